The zero-order valence-electron chi connectivity index (χ0n) is 32.6. The van der Waals surface area contributed by atoms with Gasteiger partial charge in [0.25, 0.3) is 0 Å². The maximum atomic E-state index is 5.95. The fraction of sp³-hybridized carbons (Fsp3) is 0.216. The van der Waals surface area contributed by atoms with Gasteiger partial charge in [-0.3, -0.25) is 0 Å². The summed E-state index contributed by atoms with van der Waals surface area (Å²) < 4.78 is 0. The molecule has 0 saturated carbocycles. The van der Waals surface area contributed by atoms with Crippen molar-refractivity contribution in [2.24, 2.45) is 17.6 Å². The van der Waals surface area contributed by atoms with Gasteiger partial charge in [0.05, 0.1) is 6.04 Å². The molecule has 0 radical (unpaired) electrons. The van der Waals surface area contributed by atoms with Crippen molar-refractivity contribution >= 4 is 28.5 Å². The Morgan fingerprint density at radius 2 is 1.65 bits per heavy atom. The summed E-state index contributed by atoms with van der Waals surface area (Å²) in [5.74, 6) is 0.481. The predicted molar refractivity (Wildman–Crippen MR) is 239 cm³/mol. The minimum Gasteiger partial charge on any atom is -0.405 e. The molecule has 0 amide bonds. The second-order valence-electron chi connectivity index (χ2n) is 14.6. The van der Waals surface area contributed by atoms with Gasteiger partial charge in [-0.1, -0.05) is 166 Å². The van der Waals surface area contributed by atoms with E-state index in [1.165, 1.54) is 50.4 Å². The zero-order valence-corrected chi connectivity index (χ0v) is 32.6. The molecule has 2 aliphatic heterocycles. The normalized spacial score (nSPS) is 22.6. The summed E-state index contributed by atoms with van der Waals surface area (Å²) >= 11 is 0. The minimum absolute atomic E-state index is 0.0955. The van der Waals surface area contributed by atoms with Gasteiger partial charge in [-0.05, 0) is 95.0 Å². The third-order valence-corrected chi connectivity index (χ3v) is 10.6. The van der Waals surface area contributed by atoms with Gasteiger partial charge < -0.3 is 21.7 Å². The van der Waals surface area contributed by atoms with Gasteiger partial charge in [-0.15, -0.1) is 0 Å². The molecular weight excluding hydrogens is 669 g/mol. The number of allylic oxidation sites excluding steroid dienone is 12. The van der Waals surface area contributed by atoms with Gasteiger partial charge in [-0.25, -0.2) is 0 Å². The summed E-state index contributed by atoms with van der Waals surface area (Å²) in [7, 11) is 0. The molecule has 3 aromatic rings. The van der Waals surface area contributed by atoms with E-state index in [-0.39, 0.29) is 23.9 Å². The third-order valence-electron chi connectivity index (χ3n) is 10.6. The minimum atomic E-state index is -0.0955. The molecule has 1 aliphatic carbocycles. The van der Waals surface area contributed by atoms with E-state index in [1.54, 1.807) is 12.3 Å². The summed E-state index contributed by atoms with van der Waals surface area (Å²) in [6, 6.07) is 26.1. The molecule has 3 aliphatic rings. The van der Waals surface area contributed by atoms with Gasteiger partial charge in [0, 0.05) is 42.0 Å². The van der Waals surface area contributed by atoms with E-state index in [2.05, 4.69) is 183 Å². The maximum Gasteiger partial charge on any atom is 0.0513 e. The molecule has 4 nitrogen and oxygen atoms in total. The van der Waals surface area contributed by atoms with Crippen molar-refractivity contribution in [3.63, 3.8) is 0 Å². The van der Waals surface area contributed by atoms with Crippen LogP contribution in [0.1, 0.15) is 67.5 Å². The van der Waals surface area contributed by atoms with Crippen molar-refractivity contribution in [2.45, 2.75) is 45.7 Å². The average molecular weight is 725 g/mol. The number of fused-ring (bicyclic) bond motifs is 1. The Hall–Kier alpha value is -5.84. The number of nitrogens with two attached hydrogens (primary N) is 1. The summed E-state index contributed by atoms with van der Waals surface area (Å²) in [6.45, 7) is 16.2. The Kier molecular flexibility index (Phi) is 13.4. The maximum absolute atomic E-state index is 5.95. The number of anilines is 1. The van der Waals surface area contributed by atoms with Crippen LogP contribution < -0.4 is 21.7 Å². The van der Waals surface area contributed by atoms with Crippen LogP contribution >= 0.6 is 0 Å². The Morgan fingerprint density at radius 1 is 0.891 bits per heavy atom. The SMILES string of the molecule is C=C/C=C(\C=C)c1ccc(/C(C)=C/C(NC(C)c2ccccc2)C2=C/C(C)CC3=C(NC/C=C/C(c4cccc5c4NCC=C5)=C\2)C(/C=C\N)CC=C3)cc1. The summed E-state index contributed by atoms with van der Waals surface area (Å²) in [6.07, 6.45) is 32.2. The molecule has 2 heterocycles. The van der Waals surface area contributed by atoms with Crippen LogP contribution in [0.5, 0.6) is 0 Å². The van der Waals surface area contributed by atoms with Crippen molar-refractivity contribution < 1.29 is 0 Å². The van der Waals surface area contributed by atoms with Crippen molar-refractivity contribution in [2.75, 3.05) is 18.4 Å². The van der Waals surface area contributed by atoms with E-state index in [9.17, 15) is 0 Å². The number of nitrogens with one attached hydrogen (secondary N) is 3. The number of hydrogen-bond donors (Lipinski definition) is 4. The average Bonchev–Trinajstić information content (AvgIpc) is 3.21. The first kappa shape index (κ1) is 38.9. The fourth-order valence-corrected chi connectivity index (χ4v) is 7.78. The van der Waals surface area contributed by atoms with Crippen molar-refractivity contribution in [1.29, 1.82) is 0 Å². The van der Waals surface area contributed by atoms with Gasteiger partial charge in [0.1, 0.15) is 0 Å². The molecule has 0 aromatic heterocycles. The Morgan fingerprint density at radius 3 is 2.42 bits per heavy atom. The standard InChI is InChI=1S/C51H56N4/c1-6-15-39(7-2)42-26-24-40(25-27-42)37(4)34-49(55-38(5)41-16-9-8-10-17-41)47-33-36(3)32-46-20-11-18-44(28-29-52)50(46)53-30-14-22-45(35-47)48-23-12-19-43-21-13-31-54-51(43)48/h6-17,19-29,33-36,38,44,49,53-55H,1-2,18,30-32,52H2,3-5H3/b22-14+,29-28-,37-34+,39-15+,45-35+,47-33+. The van der Waals surface area contributed by atoms with Crippen molar-refractivity contribution in [1.82, 2.24) is 10.6 Å². The molecule has 4 heteroatoms. The summed E-state index contributed by atoms with van der Waals surface area (Å²) in [4.78, 5) is 0. The molecule has 5 N–H and O–H groups in total. The van der Waals surface area contributed by atoms with E-state index in [0.717, 1.165) is 36.1 Å². The molecule has 4 unspecified atom stereocenters. The van der Waals surface area contributed by atoms with Gasteiger partial charge in [0.2, 0.25) is 0 Å². The first-order valence-corrected chi connectivity index (χ1v) is 19.6. The van der Waals surface area contributed by atoms with Crippen LogP contribution in [-0.4, -0.2) is 19.1 Å². The number of benzene rings is 3. The van der Waals surface area contributed by atoms with Crippen LogP contribution in [0.25, 0.3) is 22.8 Å². The monoisotopic (exact) mass is 724 g/mol. The van der Waals surface area contributed by atoms with E-state index in [0.29, 0.717) is 6.54 Å². The quantitative estimate of drug-likeness (QED) is 0.149. The molecule has 0 fully saturated rings. The molecule has 0 spiro atoms. The molecule has 3 aromatic carbocycles. The Labute approximate surface area is 329 Å². The van der Waals surface area contributed by atoms with E-state index in [1.807, 2.05) is 12.2 Å². The molecule has 280 valence electrons. The summed E-state index contributed by atoms with van der Waals surface area (Å²) in [5.41, 5.74) is 20.3. The highest BCUT2D eigenvalue weighted by Gasteiger charge is 2.22. The number of rotatable bonds is 11. The van der Waals surface area contributed by atoms with Crippen molar-refractivity contribution in [3.8, 4) is 0 Å². The molecular formula is C51H56N4. The van der Waals surface area contributed by atoms with Crippen LogP contribution in [0, 0.1) is 11.8 Å². The van der Waals surface area contributed by atoms with Gasteiger partial charge >= 0.3 is 0 Å². The topological polar surface area (TPSA) is 62.1 Å². The lowest BCUT2D eigenvalue weighted by atomic mass is 9.85. The van der Waals surface area contributed by atoms with Gasteiger partial charge in [-0.2, -0.15) is 0 Å². The van der Waals surface area contributed by atoms with Crippen LogP contribution in [0.15, 0.2) is 182 Å². The Bertz CT molecular complexity index is 2110. The largest absolute Gasteiger partial charge is 0.405 e. The highest BCUT2D eigenvalue weighted by atomic mass is 14.9. The molecule has 0 saturated heterocycles. The van der Waals surface area contributed by atoms with Crippen molar-refractivity contribution in [3.05, 3.63) is 210 Å². The lowest BCUT2D eigenvalue weighted by molar-refractivity contribution is 0.550. The van der Waals surface area contributed by atoms with E-state index in [4.69, 9.17) is 5.73 Å². The molecule has 4 atom stereocenters. The van der Waals surface area contributed by atoms with Crippen LogP contribution in [0.3, 0.4) is 0 Å². The lowest BCUT2D eigenvalue weighted by Crippen LogP contribution is -2.32. The fourth-order valence-electron chi connectivity index (χ4n) is 7.78. The van der Waals surface area contributed by atoms with E-state index >= 15 is 0 Å². The molecule has 55 heavy (non-hydrogen) atoms. The van der Waals surface area contributed by atoms with Crippen LogP contribution in [0.2, 0.25) is 0 Å². The highest BCUT2D eigenvalue weighted by molar-refractivity contribution is 5.88. The third kappa shape index (κ3) is 9.83. The molecule has 0 bridgehead atoms. The second-order valence-corrected chi connectivity index (χ2v) is 14.6. The number of para-hydroxylation sites is 1. The highest BCUT2D eigenvalue weighted by Crippen LogP contribution is 2.35. The summed E-state index contributed by atoms with van der Waals surface area (Å²) in [5, 5.41) is 11.6. The van der Waals surface area contributed by atoms with Gasteiger partial charge in [0.15, 0.2) is 0 Å². The smallest absolute Gasteiger partial charge is 0.0513 e. The first-order valence-electron chi connectivity index (χ1n) is 19.6. The first-order chi connectivity index (χ1) is 26.9. The number of hydrogen-bond acceptors (Lipinski definition) is 4. The molecule has 6 rings (SSSR count). The Balaban J connectivity index is 1.51. The van der Waals surface area contributed by atoms with Crippen LogP contribution in [-0.2, 0) is 0 Å². The predicted octanol–water partition coefficient (Wildman–Crippen LogP) is 11.5. The zero-order chi connectivity index (χ0) is 38.6. The van der Waals surface area contributed by atoms with E-state index < -0.39 is 0 Å². The second kappa shape index (κ2) is 19.0. The van der Waals surface area contributed by atoms with Crippen LogP contribution in [0.4, 0.5) is 5.69 Å². The lowest BCUT2D eigenvalue weighted by Gasteiger charge is -2.28.